The Morgan fingerprint density at radius 2 is 2.00 bits per heavy atom. The number of carbonyl (C=O) groups is 1. The number of nitrogens with one attached hydrogen (secondary N) is 1. The van der Waals surface area contributed by atoms with Crippen LogP contribution in [0.15, 0.2) is 0 Å². The molecule has 0 aliphatic heterocycles. The first-order valence-electron chi connectivity index (χ1n) is 6.67. The summed E-state index contributed by atoms with van der Waals surface area (Å²) in [5.41, 5.74) is 0. The molecule has 0 amide bonds. The first-order valence-corrected chi connectivity index (χ1v) is 8.11. The van der Waals surface area contributed by atoms with Crippen LogP contribution < -0.4 is 4.72 Å². The van der Waals surface area contributed by atoms with Crippen LogP contribution in [0.1, 0.15) is 39.5 Å². The van der Waals surface area contributed by atoms with E-state index < -0.39 is 16.2 Å². The van der Waals surface area contributed by atoms with Gasteiger partial charge < -0.3 is 5.11 Å². The molecule has 1 aliphatic carbocycles. The second-order valence-corrected chi connectivity index (χ2v) is 7.40. The van der Waals surface area contributed by atoms with E-state index in [4.69, 9.17) is 5.11 Å². The van der Waals surface area contributed by atoms with Gasteiger partial charge in [-0.25, -0.2) is 0 Å². The van der Waals surface area contributed by atoms with Gasteiger partial charge in [0.15, 0.2) is 0 Å². The van der Waals surface area contributed by atoms with Crippen molar-refractivity contribution in [2.45, 2.75) is 45.6 Å². The van der Waals surface area contributed by atoms with Crippen molar-refractivity contribution in [3.05, 3.63) is 0 Å². The van der Waals surface area contributed by atoms with E-state index >= 15 is 0 Å². The molecule has 0 bridgehead atoms. The molecule has 2 N–H and O–H groups in total. The monoisotopic (exact) mass is 292 g/mol. The zero-order valence-electron chi connectivity index (χ0n) is 11.8. The predicted molar refractivity (Wildman–Crippen MR) is 72.9 cm³/mol. The zero-order valence-corrected chi connectivity index (χ0v) is 12.6. The Hall–Kier alpha value is -0.660. The van der Waals surface area contributed by atoms with E-state index in [1.807, 2.05) is 0 Å². The lowest BCUT2D eigenvalue weighted by Gasteiger charge is -2.33. The maximum absolute atomic E-state index is 12.1. The number of carboxylic acid groups (broad SMARTS) is 1. The van der Waals surface area contributed by atoms with Gasteiger partial charge in [-0.05, 0) is 31.1 Å². The summed E-state index contributed by atoms with van der Waals surface area (Å²) in [6, 6.07) is -0.0477. The number of aliphatic carboxylic acids is 1. The van der Waals surface area contributed by atoms with Crippen molar-refractivity contribution in [3.8, 4) is 0 Å². The summed E-state index contributed by atoms with van der Waals surface area (Å²) in [5.74, 6) is -0.0474. The summed E-state index contributed by atoms with van der Waals surface area (Å²) in [6.07, 6.45) is 2.70. The fraction of sp³-hybridized carbons (Fsp3) is 0.917. The SMILES string of the molecule is CC1CCC(NS(=O)(=O)N(C)CCC(=O)O)C(C)C1. The van der Waals surface area contributed by atoms with E-state index in [0.29, 0.717) is 11.8 Å². The van der Waals surface area contributed by atoms with Crippen molar-refractivity contribution < 1.29 is 18.3 Å². The van der Waals surface area contributed by atoms with Gasteiger partial charge in [0.05, 0.1) is 6.42 Å². The largest absolute Gasteiger partial charge is 0.481 e. The van der Waals surface area contributed by atoms with E-state index in [0.717, 1.165) is 23.6 Å². The Balaban J connectivity index is 2.56. The Kier molecular flexibility index (Phi) is 5.76. The van der Waals surface area contributed by atoms with Gasteiger partial charge >= 0.3 is 5.97 Å². The second kappa shape index (κ2) is 6.67. The quantitative estimate of drug-likeness (QED) is 0.766. The molecule has 3 unspecified atom stereocenters. The average molecular weight is 292 g/mol. The highest BCUT2D eigenvalue weighted by atomic mass is 32.2. The topological polar surface area (TPSA) is 86.7 Å². The normalized spacial score (nSPS) is 28.5. The maximum atomic E-state index is 12.1. The number of nitrogens with zero attached hydrogens (tertiary/aromatic N) is 1. The summed E-state index contributed by atoms with van der Waals surface area (Å²) in [5, 5.41) is 8.58. The Labute approximate surface area is 115 Å². The smallest absolute Gasteiger partial charge is 0.304 e. The van der Waals surface area contributed by atoms with E-state index in [2.05, 4.69) is 18.6 Å². The van der Waals surface area contributed by atoms with Crippen molar-refractivity contribution >= 4 is 16.2 Å². The molecule has 7 heteroatoms. The van der Waals surface area contributed by atoms with Crippen LogP contribution in [0.5, 0.6) is 0 Å². The van der Waals surface area contributed by atoms with Gasteiger partial charge in [0, 0.05) is 19.6 Å². The highest BCUT2D eigenvalue weighted by molar-refractivity contribution is 7.87. The van der Waals surface area contributed by atoms with Gasteiger partial charge in [-0.1, -0.05) is 13.8 Å². The Morgan fingerprint density at radius 1 is 1.37 bits per heavy atom. The molecule has 6 nitrogen and oxygen atoms in total. The molecule has 112 valence electrons. The molecule has 0 aromatic carbocycles. The standard InChI is InChI=1S/C12H24N2O4S/c1-9-4-5-11(10(2)8-9)13-19(17,18)14(3)7-6-12(15)16/h9-11,13H,4-8H2,1-3H3,(H,15,16). The molecule has 0 saturated heterocycles. The van der Waals surface area contributed by atoms with Crippen LogP contribution >= 0.6 is 0 Å². The molecular formula is C12H24N2O4S. The van der Waals surface area contributed by atoms with Crippen molar-refractivity contribution in [1.82, 2.24) is 9.03 Å². The summed E-state index contributed by atoms with van der Waals surface area (Å²) < 4.78 is 27.9. The van der Waals surface area contributed by atoms with Crippen LogP contribution in [0.25, 0.3) is 0 Å². The van der Waals surface area contributed by atoms with E-state index in [9.17, 15) is 13.2 Å². The Morgan fingerprint density at radius 3 is 2.53 bits per heavy atom. The third-order valence-electron chi connectivity index (χ3n) is 3.78. The number of hydrogen-bond donors (Lipinski definition) is 2. The lowest BCUT2D eigenvalue weighted by molar-refractivity contribution is -0.137. The van der Waals surface area contributed by atoms with Crippen LogP contribution in [0.3, 0.4) is 0 Å². The zero-order chi connectivity index (χ0) is 14.6. The van der Waals surface area contributed by atoms with Crippen LogP contribution in [0.4, 0.5) is 0 Å². The molecule has 1 fully saturated rings. The van der Waals surface area contributed by atoms with Crippen molar-refractivity contribution in [2.24, 2.45) is 11.8 Å². The molecule has 3 atom stereocenters. The summed E-state index contributed by atoms with van der Waals surface area (Å²) >= 11 is 0. The third-order valence-corrected chi connectivity index (χ3v) is 5.39. The van der Waals surface area contributed by atoms with Gasteiger partial charge in [0.1, 0.15) is 0 Å². The summed E-state index contributed by atoms with van der Waals surface area (Å²) in [4.78, 5) is 10.5. The van der Waals surface area contributed by atoms with Crippen LogP contribution in [-0.2, 0) is 15.0 Å². The van der Waals surface area contributed by atoms with Gasteiger partial charge in [0.2, 0.25) is 0 Å². The summed E-state index contributed by atoms with van der Waals surface area (Å²) in [6.45, 7) is 4.22. The Bertz CT molecular complexity index is 410. The van der Waals surface area contributed by atoms with E-state index in [1.165, 1.54) is 7.05 Å². The first kappa shape index (κ1) is 16.4. The van der Waals surface area contributed by atoms with Gasteiger partial charge in [-0.15, -0.1) is 0 Å². The molecule has 0 aromatic heterocycles. The fourth-order valence-electron chi connectivity index (χ4n) is 2.50. The van der Waals surface area contributed by atoms with Crippen molar-refractivity contribution in [2.75, 3.05) is 13.6 Å². The molecule has 1 rings (SSSR count). The first-order chi connectivity index (χ1) is 8.72. The number of rotatable bonds is 6. The van der Waals surface area contributed by atoms with Crippen molar-refractivity contribution in [1.29, 1.82) is 0 Å². The lowest BCUT2D eigenvalue weighted by Crippen LogP contribution is -2.48. The molecular weight excluding hydrogens is 268 g/mol. The molecule has 0 spiro atoms. The van der Waals surface area contributed by atoms with Crippen molar-refractivity contribution in [3.63, 3.8) is 0 Å². The van der Waals surface area contributed by atoms with Gasteiger partial charge in [-0.3, -0.25) is 4.79 Å². The predicted octanol–water partition coefficient (Wildman–Crippen LogP) is 1.05. The van der Waals surface area contributed by atoms with E-state index in [1.54, 1.807) is 0 Å². The summed E-state index contributed by atoms with van der Waals surface area (Å²) in [7, 11) is -2.18. The van der Waals surface area contributed by atoms with Gasteiger partial charge in [0.25, 0.3) is 10.2 Å². The fourth-order valence-corrected chi connectivity index (χ4v) is 3.74. The minimum Gasteiger partial charge on any atom is -0.481 e. The minimum absolute atomic E-state index is 0.0117. The molecule has 1 aliphatic rings. The molecule has 0 aromatic rings. The van der Waals surface area contributed by atoms with Crippen LogP contribution in [0, 0.1) is 11.8 Å². The maximum Gasteiger partial charge on any atom is 0.304 e. The second-order valence-electron chi connectivity index (χ2n) is 5.59. The van der Waals surface area contributed by atoms with Gasteiger partial charge in [-0.2, -0.15) is 17.4 Å². The minimum atomic E-state index is -3.59. The molecule has 19 heavy (non-hydrogen) atoms. The average Bonchev–Trinajstić information content (AvgIpc) is 2.29. The molecule has 1 saturated carbocycles. The third kappa shape index (κ3) is 5.08. The number of hydrogen-bond acceptors (Lipinski definition) is 3. The highest BCUT2D eigenvalue weighted by Gasteiger charge is 2.30. The lowest BCUT2D eigenvalue weighted by atomic mass is 9.80. The molecule has 0 heterocycles. The van der Waals surface area contributed by atoms with Crippen LogP contribution in [0.2, 0.25) is 0 Å². The van der Waals surface area contributed by atoms with E-state index in [-0.39, 0.29) is 19.0 Å². The molecule has 0 radical (unpaired) electrons. The van der Waals surface area contributed by atoms with Crippen LogP contribution in [-0.4, -0.2) is 43.4 Å². The number of carboxylic acids is 1. The highest BCUT2D eigenvalue weighted by Crippen LogP contribution is 2.29.